The molecule has 1 amide bonds. The van der Waals surface area contributed by atoms with Crippen LogP contribution in [0.1, 0.15) is 53.5 Å². The van der Waals surface area contributed by atoms with Crippen LogP contribution < -0.4 is 11.1 Å². The van der Waals surface area contributed by atoms with Crippen molar-refractivity contribution in [2.75, 3.05) is 5.73 Å². The molecule has 0 spiro atoms. The molecule has 1 heterocycles. The van der Waals surface area contributed by atoms with Crippen molar-refractivity contribution in [3.8, 4) is 0 Å². The fraction of sp³-hybridized carbons (Fsp3) is 0.750. The molecule has 0 unspecified atom stereocenters. The minimum atomic E-state index is -0.667. The van der Waals surface area contributed by atoms with Crippen molar-refractivity contribution in [3.63, 3.8) is 0 Å². The van der Waals surface area contributed by atoms with Crippen LogP contribution in [0.5, 0.6) is 0 Å². The van der Waals surface area contributed by atoms with Gasteiger partial charge in [0.25, 0.3) is 5.89 Å². The zero-order valence-electron chi connectivity index (χ0n) is 12.3. The zero-order chi connectivity index (χ0) is 14.8. The summed E-state index contributed by atoms with van der Waals surface area (Å²) < 4.78 is 10.5. The summed E-state index contributed by atoms with van der Waals surface area (Å²) in [4.78, 5) is 11.8. The Morgan fingerprint density at radius 3 is 2.21 bits per heavy atom. The molecule has 0 aliphatic rings. The average Bonchev–Trinajstić information content (AvgIpc) is 2.56. The monoisotopic (exact) mass is 270 g/mol. The first kappa shape index (κ1) is 15.3. The lowest BCUT2D eigenvalue weighted by Gasteiger charge is -2.29. The first-order chi connectivity index (χ1) is 8.49. The molecule has 1 rings (SSSR count). The number of nitrogens with one attached hydrogen (secondary N) is 1. The molecule has 19 heavy (non-hydrogen) atoms. The molecule has 1 aromatic heterocycles. The third-order valence-electron chi connectivity index (χ3n) is 2.17. The van der Waals surface area contributed by atoms with Crippen molar-refractivity contribution in [3.05, 3.63) is 5.89 Å². The molecule has 0 fully saturated rings. The van der Waals surface area contributed by atoms with Crippen LogP contribution in [-0.2, 0) is 4.74 Å². The van der Waals surface area contributed by atoms with E-state index in [2.05, 4.69) is 15.5 Å². The van der Waals surface area contributed by atoms with E-state index in [4.69, 9.17) is 14.9 Å². The van der Waals surface area contributed by atoms with E-state index in [1.165, 1.54) is 0 Å². The van der Waals surface area contributed by atoms with Crippen LogP contribution in [0.15, 0.2) is 4.42 Å². The fourth-order valence-corrected chi connectivity index (χ4v) is 1.39. The van der Waals surface area contributed by atoms with Crippen LogP contribution in [0.4, 0.5) is 10.8 Å². The van der Waals surface area contributed by atoms with Gasteiger partial charge in [-0.05, 0) is 20.8 Å². The Bertz CT molecular complexity index is 443. The number of anilines is 1. The Balaban J connectivity index is 2.86. The van der Waals surface area contributed by atoms with Crippen LogP contribution in [-0.4, -0.2) is 21.8 Å². The summed E-state index contributed by atoms with van der Waals surface area (Å²) >= 11 is 0. The number of aromatic nitrogens is 2. The Kier molecular flexibility index (Phi) is 4.07. The van der Waals surface area contributed by atoms with Crippen LogP contribution in [0.3, 0.4) is 0 Å². The second-order valence-corrected chi connectivity index (χ2v) is 6.50. The van der Waals surface area contributed by atoms with E-state index in [-0.39, 0.29) is 17.4 Å². The number of hydrogen-bond acceptors (Lipinski definition) is 6. The molecule has 7 nitrogen and oxygen atoms in total. The highest BCUT2D eigenvalue weighted by Gasteiger charge is 2.35. The number of hydrogen-bond donors (Lipinski definition) is 2. The summed E-state index contributed by atoms with van der Waals surface area (Å²) in [6.45, 7) is 11.3. The molecule has 1 atom stereocenters. The quantitative estimate of drug-likeness (QED) is 0.854. The van der Waals surface area contributed by atoms with Gasteiger partial charge in [0.1, 0.15) is 0 Å². The van der Waals surface area contributed by atoms with Gasteiger partial charge in [0.2, 0.25) is 0 Å². The standard InChI is InChI=1S/C12H22N4O3/c1-11(2,3)7(8-15-16-9(13)19-8)18-10(17)14-12(4,5)6/h7H,1-6H3,(H2,13,16)(H,14,17)/t7-/m1/s1. The van der Waals surface area contributed by atoms with Gasteiger partial charge in [-0.3, -0.25) is 0 Å². The smallest absolute Gasteiger partial charge is 0.408 e. The number of rotatable bonds is 2. The van der Waals surface area contributed by atoms with E-state index in [0.29, 0.717) is 0 Å². The van der Waals surface area contributed by atoms with E-state index >= 15 is 0 Å². The molecule has 7 heteroatoms. The lowest BCUT2D eigenvalue weighted by atomic mass is 9.89. The molecule has 0 saturated heterocycles. The molecule has 0 radical (unpaired) electrons. The van der Waals surface area contributed by atoms with Gasteiger partial charge in [0.05, 0.1) is 0 Å². The van der Waals surface area contributed by atoms with Gasteiger partial charge in [0.15, 0.2) is 6.10 Å². The SMILES string of the molecule is CC(C)(C)NC(=O)O[C@H](c1nnc(N)o1)C(C)(C)C. The third-order valence-corrected chi connectivity index (χ3v) is 2.17. The van der Waals surface area contributed by atoms with Gasteiger partial charge in [0, 0.05) is 11.0 Å². The highest BCUT2D eigenvalue weighted by molar-refractivity contribution is 5.68. The Labute approximate surface area is 112 Å². The molecular weight excluding hydrogens is 248 g/mol. The first-order valence-electron chi connectivity index (χ1n) is 6.07. The molecule has 3 N–H and O–H groups in total. The topological polar surface area (TPSA) is 103 Å². The second kappa shape index (κ2) is 5.07. The van der Waals surface area contributed by atoms with Crippen molar-refractivity contribution in [1.82, 2.24) is 15.5 Å². The number of nitrogens with zero attached hydrogens (tertiary/aromatic N) is 2. The molecule has 1 aromatic rings. The van der Waals surface area contributed by atoms with Crippen molar-refractivity contribution in [2.24, 2.45) is 5.41 Å². The number of ether oxygens (including phenoxy) is 1. The Morgan fingerprint density at radius 1 is 1.26 bits per heavy atom. The predicted molar refractivity (Wildman–Crippen MR) is 70.3 cm³/mol. The van der Waals surface area contributed by atoms with E-state index in [0.717, 1.165) is 0 Å². The number of nitrogens with two attached hydrogens (primary N) is 1. The van der Waals surface area contributed by atoms with Gasteiger partial charge in [-0.15, -0.1) is 5.10 Å². The molecule has 0 aromatic carbocycles. The van der Waals surface area contributed by atoms with Crippen LogP contribution in [0.25, 0.3) is 0 Å². The summed E-state index contributed by atoms with van der Waals surface area (Å²) in [6.07, 6.45) is -1.20. The van der Waals surface area contributed by atoms with Crippen LogP contribution >= 0.6 is 0 Å². The summed E-state index contributed by atoms with van der Waals surface area (Å²) in [5.41, 5.74) is 4.62. The Hall–Kier alpha value is -1.79. The molecular formula is C12H22N4O3. The number of alkyl carbamates (subject to hydrolysis) is 1. The van der Waals surface area contributed by atoms with E-state index in [9.17, 15) is 4.79 Å². The van der Waals surface area contributed by atoms with Gasteiger partial charge in [-0.2, -0.15) is 0 Å². The minimum absolute atomic E-state index is 0.0518. The third kappa shape index (κ3) is 4.76. The van der Waals surface area contributed by atoms with E-state index < -0.39 is 17.6 Å². The predicted octanol–water partition coefficient (Wildman–Crippen LogP) is 2.26. The highest BCUT2D eigenvalue weighted by Crippen LogP contribution is 2.35. The second-order valence-electron chi connectivity index (χ2n) is 6.50. The minimum Gasteiger partial charge on any atom is -0.436 e. The number of carbonyl (C=O) groups excluding carboxylic acids is 1. The van der Waals surface area contributed by atoms with E-state index in [1.807, 2.05) is 41.5 Å². The summed E-state index contributed by atoms with van der Waals surface area (Å²) in [6, 6.07) is -0.0518. The van der Waals surface area contributed by atoms with E-state index in [1.54, 1.807) is 0 Å². The summed E-state index contributed by atoms with van der Waals surface area (Å²) in [5, 5.41) is 10.1. The fourth-order valence-electron chi connectivity index (χ4n) is 1.39. The number of carbonyl (C=O) groups is 1. The molecule has 108 valence electrons. The highest BCUT2D eigenvalue weighted by atomic mass is 16.6. The maximum Gasteiger partial charge on any atom is 0.408 e. The molecule has 0 aliphatic carbocycles. The lowest BCUT2D eigenvalue weighted by Crippen LogP contribution is -2.42. The van der Waals surface area contributed by atoms with Crippen LogP contribution in [0.2, 0.25) is 0 Å². The van der Waals surface area contributed by atoms with Gasteiger partial charge < -0.3 is 20.2 Å². The van der Waals surface area contributed by atoms with Gasteiger partial charge in [-0.25, -0.2) is 4.79 Å². The zero-order valence-corrected chi connectivity index (χ0v) is 12.3. The van der Waals surface area contributed by atoms with Gasteiger partial charge in [-0.1, -0.05) is 25.9 Å². The Morgan fingerprint density at radius 2 is 1.84 bits per heavy atom. The summed E-state index contributed by atoms with van der Waals surface area (Å²) in [7, 11) is 0. The maximum atomic E-state index is 11.8. The van der Waals surface area contributed by atoms with Crippen molar-refractivity contribution >= 4 is 12.1 Å². The van der Waals surface area contributed by atoms with Crippen molar-refractivity contribution < 1.29 is 13.9 Å². The lowest BCUT2D eigenvalue weighted by molar-refractivity contribution is 0.0101. The molecule has 0 saturated carbocycles. The first-order valence-corrected chi connectivity index (χ1v) is 6.07. The largest absolute Gasteiger partial charge is 0.436 e. The normalized spacial score (nSPS) is 14.0. The summed E-state index contributed by atoms with van der Waals surface area (Å²) in [5.74, 6) is 0.189. The van der Waals surface area contributed by atoms with Gasteiger partial charge >= 0.3 is 12.1 Å². The molecule has 0 bridgehead atoms. The number of nitrogen functional groups attached to an aromatic ring is 1. The van der Waals surface area contributed by atoms with Crippen molar-refractivity contribution in [2.45, 2.75) is 53.2 Å². The molecule has 0 aliphatic heterocycles. The maximum absolute atomic E-state index is 11.8. The van der Waals surface area contributed by atoms with Crippen LogP contribution in [0, 0.1) is 5.41 Å². The number of amides is 1. The van der Waals surface area contributed by atoms with Crippen molar-refractivity contribution in [1.29, 1.82) is 0 Å². The average molecular weight is 270 g/mol.